The highest BCUT2D eigenvalue weighted by Gasteiger charge is 2.41. The number of ether oxygens (including phenoxy) is 2. The molecular formula is C14H17F3N2O3. The van der Waals surface area contributed by atoms with Crippen LogP contribution in [0, 0.1) is 0 Å². The molecule has 0 atom stereocenters. The van der Waals surface area contributed by atoms with E-state index in [2.05, 4.69) is 10.3 Å². The largest absolute Gasteiger partial charge is 0.474 e. The molecule has 2 aliphatic heterocycles. The minimum absolute atomic E-state index is 0.0267. The predicted octanol–water partition coefficient (Wildman–Crippen LogP) is 1.45. The van der Waals surface area contributed by atoms with Gasteiger partial charge in [-0.25, -0.2) is 4.98 Å². The molecular weight excluding hydrogens is 301 g/mol. The van der Waals surface area contributed by atoms with E-state index in [1.54, 1.807) is 0 Å². The summed E-state index contributed by atoms with van der Waals surface area (Å²) in [4.78, 5) is 3.55. The molecule has 2 aliphatic rings. The van der Waals surface area contributed by atoms with Crippen molar-refractivity contribution in [3.05, 3.63) is 23.4 Å². The Hall–Kier alpha value is -1.38. The highest BCUT2D eigenvalue weighted by atomic mass is 19.4. The third kappa shape index (κ3) is 3.18. The van der Waals surface area contributed by atoms with Crippen molar-refractivity contribution in [1.29, 1.82) is 0 Å². The van der Waals surface area contributed by atoms with E-state index in [1.807, 2.05) is 0 Å². The van der Waals surface area contributed by atoms with Crippen LogP contribution in [0.4, 0.5) is 13.2 Å². The molecule has 2 fully saturated rings. The minimum atomic E-state index is -4.59. The summed E-state index contributed by atoms with van der Waals surface area (Å²) in [6.07, 6.45) is -3.35. The first-order valence-corrected chi connectivity index (χ1v) is 7.14. The summed E-state index contributed by atoms with van der Waals surface area (Å²) >= 11 is 0. The van der Waals surface area contributed by atoms with Crippen molar-refractivity contribution in [3.8, 4) is 5.88 Å². The number of pyridine rings is 1. The number of hydrogen-bond donors (Lipinski definition) is 2. The molecule has 0 unspecified atom stereocenters. The summed E-state index contributed by atoms with van der Waals surface area (Å²) in [7, 11) is 0. The van der Waals surface area contributed by atoms with Gasteiger partial charge in [0, 0.05) is 6.07 Å². The Morgan fingerprint density at radius 2 is 1.95 bits per heavy atom. The van der Waals surface area contributed by atoms with Gasteiger partial charge in [-0.3, -0.25) is 0 Å². The average molecular weight is 318 g/mol. The van der Waals surface area contributed by atoms with Crippen LogP contribution in [-0.4, -0.2) is 42.5 Å². The molecule has 2 N–H and O–H groups in total. The van der Waals surface area contributed by atoms with Crippen LogP contribution in [0.15, 0.2) is 12.1 Å². The van der Waals surface area contributed by atoms with Crippen molar-refractivity contribution >= 4 is 0 Å². The topological polar surface area (TPSA) is 63.6 Å². The maximum Gasteiger partial charge on any atom is 0.433 e. The van der Waals surface area contributed by atoms with Crippen molar-refractivity contribution in [2.45, 2.75) is 30.7 Å². The number of nitrogens with zero attached hydrogens (tertiary/aromatic N) is 1. The molecule has 2 saturated heterocycles. The van der Waals surface area contributed by atoms with Crippen molar-refractivity contribution in [2.75, 3.05) is 26.3 Å². The summed E-state index contributed by atoms with van der Waals surface area (Å²) in [5, 5.41) is 13.4. The monoisotopic (exact) mass is 318 g/mol. The first kappa shape index (κ1) is 15.5. The molecule has 0 saturated carbocycles. The summed E-state index contributed by atoms with van der Waals surface area (Å²) < 4.78 is 49.5. The van der Waals surface area contributed by atoms with Gasteiger partial charge in [-0.2, -0.15) is 13.2 Å². The molecule has 22 heavy (non-hydrogen) atoms. The Labute approximate surface area is 125 Å². The maximum atomic E-state index is 13.0. The van der Waals surface area contributed by atoms with E-state index < -0.39 is 17.5 Å². The lowest BCUT2D eigenvalue weighted by molar-refractivity contribution is -0.185. The van der Waals surface area contributed by atoms with Crippen LogP contribution in [-0.2, 0) is 16.5 Å². The zero-order valence-electron chi connectivity index (χ0n) is 11.8. The van der Waals surface area contributed by atoms with Crippen LogP contribution in [0.1, 0.15) is 24.1 Å². The van der Waals surface area contributed by atoms with Crippen molar-refractivity contribution in [3.63, 3.8) is 0 Å². The summed E-state index contributed by atoms with van der Waals surface area (Å²) in [5.41, 5.74) is -2.32. The van der Waals surface area contributed by atoms with Crippen molar-refractivity contribution in [2.24, 2.45) is 0 Å². The fraction of sp³-hybridized carbons (Fsp3) is 0.643. The Balaban J connectivity index is 1.89. The van der Waals surface area contributed by atoms with Crippen LogP contribution < -0.4 is 10.1 Å². The maximum absolute atomic E-state index is 13.0. The Kier molecular flexibility index (Phi) is 4.00. The van der Waals surface area contributed by atoms with Gasteiger partial charge in [0.25, 0.3) is 0 Å². The van der Waals surface area contributed by atoms with E-state index in [4.69, 9.17) is 9.47 Å². The Morgan fingerprint density at radius 1 is 1.27 bits per heavy atom. The molecule has 1 aromatic heterocycles. The second-order valence-corrected chi connectivity index (χ2v) is 5.67. The van der Waals surface area contributed by atoms with E-state index in [0.29, 0.717) is 12.8 Å². The van der Waals surface area contributed by atoms with E-state index >= 15 is 0 Å². The third-order valence-electron chi connectivity index (χ3n) is 3.88. The highest BCUT2D eigenvalue weighted by Crippen LogP contribution is 2.36. The SMILES string of the molecule is OC1(c2cc(OC3CCNCC3)nc(C(F)(F)F)c2)COC1. The van der Waals surface area contributed by atoms with Crippen molar-refractivity contribution < 1.29 is 27.8 Å². The third-order valence-corrected chi connectivity index (χ3v) is 3.88. The molecule has 0 spiro atoms. The predicted molar refractivity (Wildman–Crippen MR) is 70.5 cm³/mol. The fourth-order valence-electron chi connectivity index (χ4n) is 2.53. The average Bonchev–Trinajstić information content (AvgIpc) is 2.44. The number of rotatable bonds is 3. The van der Waals surface area contributed by atoms with Gasteiger partial charge in [-0.1, -0.05) is 0 Å². The number of alkyl halides is 3. The molecule has 5 nitrogen and oxygen atoms in total. The number of halogens is 3. The van der Waals surface area contributed by atoms with E-state index in [9.17, 15) is 18.3 Å². The summed E-state index contributed by atoms with van der Waals surface area (Å²) in [6.45, 7) is 1.46. The smallest absolute Gasteiger partial charge is 0.433 e. The van der Waals surface area contributed by atoms with Crippen LogP contribution >= 0.6 is 0 Å². The molecule has 0 radical (unpaired) electrons. The number of hydrogen-bond acceptors (Lipinski definition) is 5. The molecule has 0 aromatic carbocycles. The highest BCUT2D eigenvalue weighted by molar-refractivity contribution is 5.32. The first-order valence-electron chi connectivity index (χ1n) is 7.14. The van der Waals surface area contributed by atoms with Crippen LogP contribution in [0.25, 0.3) is 0 Å². The van der Waals surface area contributed by atoms with Crippen LogP contribution in [0.2, 0.25) is 0 Å². The van der Waals surface area contributed by atoms with Gasteiger partial charge in [-0.05, 0) is 37.6 Å². The van der Waals surface area contributed by atoms with Gasteiger partial charge < -0.3 is 19.9 Å². The van der Waals surface area contributed by atoms with E-state index in [-0.39, 0.29) is 30.8 Å². The quantitative estimate of drug-likeness (QED) is 0.883. The zero-order chi connectivity index (χ0) is 15.8. The lowest BCUT2D eigenvalue weighted by Crippen LogP contribution is -2.46. The number of aliphatic hydroxyl groups is 1. The molecule has 1 aromatic rings. The minimum Gasteiger partial charge on any atom is -0.474 e. The molecule has 0 aliphatic carbocycles. The molecule has 0 amide bonds. The first-order chi connectivity index (χ1) is 10.4. The molecule has 3 heterocycles. The van der Waals surface area contributed by atoms with Crippen LogP contribution in [0.5, 0.6) is 5.88 Å². The normalized spacial score (nSPS) is 22.2. The van der Waals surface area contributed by atoms with Crippen LogP contribution in [0.3, 0.4) is 0 Å². The molecule has 8 heteroatoms. The van der Waals surface area contributed by atoms with Gasteiger partial charge in [0.15, 0.2) is 0 Å². The lowest BCUT2D eigenvalue weighted by atomic mass is 9.92. The van der Waals surface area contributed by atoms with Gasteiger partial charge in [0.2, 0.25) is 5.88 Å². The fourth-order valence-corrected chi connectivity index (χ4v) is 2.53. The number of nitrogens with one attached hydrogen (secondary N) is 1. The lowest BCUT2D eigenvalue weighted by Gasteiger charge is -2.37. The Bertz CT molecular complexity index is 541. The van der Waals surface area contributed by atoms with E-state index in [0.717, 1.165) is 19.2 Å². The van der Waals surface area contributed by atoms with Gasteiger partial charge >= 0.3 is 6.18 Å². The second-order valence-electron chi connectivity index (χ2n) is 5.67. The van der Waals surface area contributed by atoms with Crippen molar-refractivity contribution in [1.82, 2.24) is 10.3 Å². The molecule has 122 valence electrons. The Morgan fingerprint density at radius 3 is 2.50 bits per heavy atom. The summed E-state index contributed by atoms with van der Waals surface area (Å²) in [5.74, 6) is -0.1000. The zero-order valence-corrected chi connectivity index (χ0v) is 11.8. The second kappa shape index (κ2) is 5.68. The number of piperidine rings is 1. The van der Waals surface area contributed by atoms with Gasteiger partial charge in [0.05, 0.1) is 13.2 Å². The number of aromatic nitrogens is 1. The standard InChI is InChI=1S/C14H17F3N2O3/c15-14(16,17)11-5-9(13(20)7-21-8-13)6-12(19-11)22-10-1-3-18-4-2-10/h5-6,10,18,20H,1-4,7-8H2. The molecule has 0 bridgehead atoms. The summed E-state index contributed by atoms with van der Waals surface area (Å²) in [6, 6.07) is 2.23. The van der Waals surface area contributed by atoms with Gasteiger partial charge in [0.1, 0.15) is 17.4 Å². The van der Waals surface area contributed by atoms with E-state index in [1.165, 1.54) is 6.07 Å². The van der Waals surface area contributed by atoms with Gasteiger partial charge in [-0.15, -0.1) is 0 Å². The molecule has 3 rings (SSSR count).